The van der Waals surface area contributed by atoms with Crippen LogP contribution in [0.3, 0.4) is 0 Å². The van der Waals surface area contributed by atoms with Crippen molar-refractivity contribution >= 4 is 10.0 Å². The van der Waals surface area contributed by atoms with Crippen molar-refractivity contribution in [1.82, 2.24) is 4.72 Å². The van der Waals surface area contributed by atoms with Gasteiger partial charge in [-0.1, -0.05) is 12.5 Å². The lowest BCUT2D eigenvalue weighted by Crippen LogP contribution is -2.32. The molecule has 0 amide bonds. The fourth-order valence-electron chi connectivity index (χ4n) is 3.71. The topological polar surface area (TPSA) is 72.2 Å². The van der Waals surface area contributed by atoms with Crippen LogP contribution in [-0.4, -0.2) is 21.5 Å². The van der Waals surface area contributed by atoms with Gasteiger partial charge in [-0.25, -0.2) is 13.1 Å². The van der Waals surface area contributed by atoms with E-state index in [0.29, 0.717) is 29.8 Å². The predicted molar refractivity (Wildman–Crippen MR) is 83.5 cm³/mol. The van der Waals surface area contributed by atoms with Crippen molar-refractivity contribution in [2.75, 3.05) is 13.1 Å². The van der Waals surface area contributed by atoms with E-state index in [1.54, 1.807) is 6.07 Å². The molecule has 0 heterocycles. The van der Waals surface area contributed by atoms with Crippen molar-refractivity contribution in [2.45, 2.75) is 43.4 Å². The molecule has 0 spiro atoms. The number of fused-ring (bicyclic) bond motifs is 1. The second-order valence-electron chi connectivity index (χ2n) is 6.32. The molecule has 21 heavy (non-hydrogen) atoms. The minimum absolute atomic E-state index is 0.388. The van der Waals surface area contributed by atoms with Gasteiger partial charge in [-0.15, -0.1) is 0 Å². The molecule has 0 aromatic heterocycles. The number of hydrogen-bond donors (Lipinski definition) is 2. The molecule has 1 fully saturated rings. The summed E-state index contributed by atoms with van der Waals surface area (Å²) in [5, 5.41) is 0. The fraction of sp³-hybridized carbons (Fsp3) is 0.625. The normalized spacial score (nSPS) is 25.2. The molecule has 0 radical (unpaired) electrons. The predicted octanol–water partition coefficient (Wildman–Crippen LogP) is 1.83. The molecule has 1 aromatic rings. The number of sulfonamides is 1. The Morgan fingerprint density at radius 2 is 1.86 bits per heavy atom. The van der Waals surface area contributed by atoms with Gasteiger partial charge in [0.1, 0.15) is 0 Å². The Kier molecular flexibility index (Phi) is 4.33. The lowest BCUT2D eigenvalue weighted by atomic mass is 9.97. The van der Waals surface area contributed by atoms with E-state index in [1.807, 2.05) is 12.1 Å². The summed E-state index contributed by atoms with van der Waals surface area (Å²) >= 11 is 0. The van der Waals surface area contributed by atoms with Gasteiger partial charge in [0, 0.05) is 6.54 Å². The summed E-state index contributed by atoms with van der Waals surface area (Å²) in [6, 6.07) is 5.55. The zero-order valence-corrected chi connectivity index (χ0v) is 13.2. The summed E-state index contributed by atoms with van der Waals surface area (Å²) in [4.78, 5) is 0.408. The largest absolute Gasteiger partial charge is 0.330 e. The number of rotatable bonds is 5. The first-order valence-corrected chi connectivity index (χ1v) is 9.40. The lowest BCUT2D eigenvalue weighted by molar-refractivity contribution is 0.393. The van der Waals surface area contributed by atoms with E-state index in [-0.39, 0.29) is 0 Å². The number of benzene rings is 1. The van der Waals surface area contributed by atoms with Gasteiger partial charge in [0.15, 0.2) is 0 Å². The van der Waals surface area contributed by atoms with Gasteiger partial charge < -0.3 is 5.73 Å². The van der Waals surface area contributed by atoms with E-state index in [9.17, 15) is 8.42 Å². The first kappa shape index (κ1) is 15.0. The molecular weight excluding hydrogens is 284 g/mol. The second-order valence-corrected chi connectivity index (χ2v) is 8.09. The van der Waals surface area contributed by atoms with E-state index in [2.05, 4.69) is 4.72 Å². The van der Waals surface area contributed by atoms with E-state index in [1.165, 1.54) is 11.1 Å². The molecule has 1 aromatic carbocycles. The lowest BCUT2D eigenvalue weighted by Gasteiger charge is -2.18. The molecule has 116 valence electrons. The summed E-state index contributed by atoms with van der Waals surface area (Å²) in [6.45, 7) is 1.17. The quantitative estimate of drug-likeness (QED) is 0.871. The SMILES string of the molecule is NCC1CCCC1CNS(=O)(=O)c1ccc2c(c1)CCC2. The summed E-state index contributed by atoms with van der Waals surface area (Å²) in [5.41, 5.74) is 8.25. The molecule has 2 atom stereocenters. The monoisotopic (exact) mass is 308 g/mol. The molecule has 5 heteroatoms. The Hall–Kier alpha value is -0.910. The number of nitrogens with one attached hydrogen (secondary N) is 1. The van der Waals surface area contributed by atoms with Crippen LogP contribution in [0, 0.1) is 11.8 Å². The Bertz CT molecular complexity index is 613. The van der Waals surface area contributed by atoms with Crippen molar-refractivity contribution in [2.24, 2.45) is 17.6 Å². The Labute approximate surface area is 127 Å². The maximum Gasteiger partial charge on any atom is 0.240 e. The zero-order chi connectivity index (χ0) is 14.9. The Morgan fingerprint density at radius 3 is 2.67 bits per heavy atom. The fourth-order valence-corrected chi connectivity index (χ4v) is 4.85. The number of hydrogen-bond acceptors (Lipinski definition) is 3. The molecule has 0 bridgehead atoms. The van der Waals surface area contributed by atoms with E-state index < -0.39 is 10.0 Å². The van der Waals surface area contributed by atoms with Gasteiger partial charge in [0.05, 0.1) is 4.90 Å². The van der Waals surface area contributed by atoms with Crippen LogP contribution in [0.2, 0.25) is 0 Å². The van der Waals surface area contributed by atoms with Crippen molar-refractivity contribution in [1.29, 1.82) is 0 Å². The summed E-state index contributed by atoms with van der Waals surface area (Å²) < 4.78 is 27.7. The molecular formula is C16H24N2O2S. The third kappa shape index (κ3) is 3.15. The van der Waals surface area contributed by atoms with Crippen LogP contribution >= 0.6 is 0 Å². The van der Waals surface area contributed by atoms with Crippen molar-refractivity contribution in [3.63, 3.8) is 0 Å². The van der Waals surface area contributed by atoms with Crippen LogP contribution in [0.15, 0.2) is 23.1 Å². The molecule has 0 aliphatic heterocycles. The Balaban J connectivity index is 1.69. The van der Waals surface area contributed by atoms with E-state index >= 15 is 0 Å². The third-order valence-electron chi connectivity index (χ3n) is 5.04. The Morgan fingerprint density at radius 1 is 1.10 bits per heavy atom. The molecule has 4 nitrogen and oxygen atoms in total. The summed E-state index contributed by atoms with van der Waals surface area (Å²) in [5.74, 6) is 0.854. The standard InChI is InChI=1S/C16H24N2O2S/c17-10-14-5-2-6-15(14)11-18-21(19,20)16-8-7-12-3-1-4-13(12)9-16/h7-9,14-15,18H,1-6,10-11,17H2. The van der Waals surface area contributed by atoms with Crippen LogP contribution in [0.5, 0.6) is 0 Å². The maximum atomic E-state index is 12.4. The molecule has 3 N–H and O–H groups in total. The molecule has 2 aliphatic rings. The van der Waals surface area contributed by atoms with E-state index in [0.717, 1.165) is 38.5 Å². The number of aryl methyl sites for hydroxylation is 2. The van der Waals surface area contributed by atoms with Crippen molar-refractivity contribution in [3.8, 4) is 0 Å². The van der Waals surface area contributed by atoms with Gasteiger partial charge in [-0.2, -0.15) is 0 Å². The van der Waals surface area contributed by atoms with Crippen molar-refractivity contribution in [3.05, 3.63) is 29.3 Å². The smallest absolute Gasteiger partial charge is 0.240 e. The van der Waals surface area contributed by atoms with Crippen molar-refractivity contribution < 1.29 is 8.42 Å². The maximum absolute atomic E-state index is 12.4. The first-order valence-electron chi connectivity index (χ1n) is 7.91. The summed E-state index contributed by atoms with van der Waals surface area (Å²) in [6.07, 6.45) is 6.57. The van der Waals surface area contributed by atoms with Gasteiger partial charge in [0.2, 0.25) is 10.0 Å². The molecule has 2 unspecified atom stereocenters. The van der Waals surface area contributed by atoms with Gasteiger partial charge in [0.25, 0.3) is 0 Å². The van der Waals surface area contributed by atoms with Gasteiger partial charge in [-0.3, -0.25) is 0 Å². The van der Waals surface area contributed by atoms with E-state index in [4.69, 9.17) is 5.73 Å². The highest BCUT2D eigenvalue weighted by atomic mass is 32.2. The van der Waals surface area contributed by atoms with Gasteiger partial charge >= 0.3 is 0 Å². The van der Waals surface area contributed by atoms with Crippen LogP contribution in [0.4, 0.5) is 0 Å². The third-order valence-corrected chi connectivity index (χ3v) is 6.46. The minimum atomic E-state index is -3.39. The molecule has 0 saturated heterocycles. The average Bonchev–Trinajstić information content (AvgIpc) is 3.12. The molecule has 1 saturated carbocycles. The summed E-state index contributed by atoms with van der Waals surface area (Å²) in [7, 11) is -3.39. The molecule has 2 aliphatic carbocycles. The zero-order valence-electron chi connectivity index (χ0n) is 12.3. The van der Waals surface area contributed by atoms with Crippen LogP contribution < -0.4 is 10.5 Å². The van der Waals surface area contributed by atoms with Gasteiger partial charge in [-0.05, 0) is 73.7 Å². The average molecular weight is 308 g/mol. The first-order chi connectivity index (χ1) is 10.1. The van der Waals surface area contributed by atoms with Crippen LogP contribution in [0.25, 0.3) is 0 Å². The highest BCUT2D eigenvalue weighted by Crippen LogP contribution is 2.31. The van der Waals surface area contributed by atoms with Crippen LogP contribution in [-0.2, 0) is 22.9 Å². The number of nitrogens with two attached hydrogens (primary N) is 1. The highest BCUT2D eigenvalue weighted by molar-refractivity contribution is 7.89. The van der Waals surface area contributed by atoms with Crippen LogP contribution in [0.1, 0.15) is 36.8 Å². The minimum Gasteiger partial charge on any atom is -0.330 e. The second kappa shape index (κ2) is 6.07. The highest BCUT2D eigenvalue weighted by Gasteiger charge is 2.27. The molecule has 3 rings (SSSR count).